The van der Waals surface area contributed by atoms with Crippen LogP contribution in [0.3, 0.4) is 0 Å². The van der Waals surface area contributed by atoms with Crippen LogP contribution in [0.1, 0.15) is 22.8 Å². The third-order valence-electron chi connectivity index (χ3n) is 4.24. The normalized spacial score (nSPS) is 20.7. The van der Waals surface area contributed by atoms with E-state index in [1.165, 1.54) is 29.5 Å². The van der Waals surface area contributed by atoms with Gasteiger partial charge >= 0.3 is 0 Å². The van der Waals surface area contributed by atoms with E-state index in [0.717, 1.165) is 5.13 Å². The number of hydrogen-bond acceptors (Lipinski definition) is 5. The molecular weight excluding hydrogens is 336 g/mol. The number of nitrogens with zero attached hydrogens (tertiary/aromatic N) is 2. The van der Waals surface area contributed by atoms with Gasteiger partial charge in [-0.05, 0) is 12.1 Å². The second-order valence-electron chi connectivity index (χ2n) is 5.75. The molecule has 0 saturated carbocycles. The Morgan fingerprint density at radius 2 is 1.96 bits per heavy atom. The lowest BCUT2D eigenvalue weighted by atomic mass is 9.91. The molecule has 3 heterocycles. The summed E-state index contributed by atoms with van der Waals surface area (Å²) in [5.41, 5.74) is -0.0641. The van der Waals surface area contributed by atoms with Gasteiger partial charge in [-0.2, -0.15) is 0 Å². The molecule has 126 valence electrons. The highest BCUT2D eigenvalue weighted by atomic mass is 32.1. The second kappa shape index (κ2) is 6.10. The van der Waals surface area contributed by atoms with Gasteiger partial charge in [-0.25, -0.2) is 13.8 Å². The van der Waals surface area contributed by atoms with Crippen LogP contribution in [0.25, 0.3) is 0 Å². The second-order valence-corrected chi connectivity index (χ2v) is 6.76. The van der Waals surface area contributed by atoms with E-state index in [-0.39, 0.29) is 17.9 Å². The van der Waals surface area contributed by atoms with Crippen LogP contribution >= 0.6 is 11.3 Å². The number of aromatic nitrogens is 1. The average molecular weight is 351 g/mol. The van der Waals surface area contributed by atoms with E-state index in [1.807, 2.05) is 0 Å². The number of morpholine rings is 1. The first-order valence-electron chi connectivity index (χ1n) is 7.70. The molecule has 2 aliphatic rings. The van der Waals surface area contributed by atoms with Crippen molar-refractivity contribution in [3.05, 3.63) is 40.3 Å². The molecule has 1 fully saturated rings. The first kappa shape index (κ1) is 15.5. The molecule has 0 unspecified atom stereocenters. The number of anilines is 2. The Hall–Kier alpha value is -2.06. The Morgan fingerprint density at radius 3 is 2.67 bits per heavy atom. The number of thiazole rings is 1. The molecule has 5 nitrogen and oxygen atoms in total. The minimum Gasteiger partial charge on any atom is -0.378 e. The standard InChI is InChI=1S/C16H15F2N3O2S/c17-10-2-1-3-11(18)13(10)9-8-12(22)19-15-14(9)24-16(20-15)21-4-6-23-7-5-21/h1-3,9H,4-8H2,(H,19,22)/t9-/m0/s1. The molecule has 0 radical (unpaired) electrons. The number of amides is 1. The van der Waals surface area contributed by atoms with Gasteiger partial charge in [-0.15, -0.1) is 0 Å². The number of hydrogen-bond donors (Lipinski definition) is 1. The van der Waals surface area contributed by atoms with Gasteiger partial charge in [-0.3, -0.25) is 4.79 Å². The van der Waals surface area contributed by atoms with E-state index in [9.17, 15) is 13.6 Å². The quantitative estimate of drug-likeness (QED) is 0.904. The van der Waals surface area contributed by atoms with Crippen molar-refractivity contribution in [3.63, 3.8) is 0 Å². The Morgan fingerprint density at radius 1 is 1.25 bits per heavy atom. The molecule has 2 aromatic rings. The zero-order valence-electron chi connectivity index (χ0n) is 12.7. The van der Waals surface area contributed by atoms with Gasteiger partial charge in [0.2, 0.25) is 5.91 Å². The van der Waals surface area contributed by atoms with Crippen LogP contribution in [0.4, 0.5) is 19.7 Å². The van der Waals surface area contributed by atoms with Crippen LogP contribution in [0.5, 0.6) is 0 Å². The number of benzene rings is 1. The predicted molar refractivity (Wildman–Crippen MR) is 86.6 cm³/mol. The molecule has 8 heteroatoms. The van der Waals surface area contributed by atoms with E-state index in [0.29, 0.717) is 37.0 Å². The van der Waals surface area contributed by atoms with Gasteiger partial charge in [0, 0.05) is 31.0 Å². The van der Waals surface area contributed by atoms with Crippen molar-refractivity contribution in [2.24, 2.45) is 0 Å². The third kappa shape index (κ3) is 2.65. The van der Waals surface area contributed by atoms with Crippen molar-refractivity contribution in [1.29, 1.82) is 0 Å². The smallest absolute Gasteiger partial charge is 0.226 e. The number of nitrogens with one attached hydrogen (secondary N) is 1. The van der Waals surface area contributed by atoms with Gasteiger partial charge in [0.05, 0.1) is 18.1 Å². The fraction of sp³-hybridized carbons (Fsp3) is 0.375. The highest BCUT2D eigenvalue weighted by molar-refractivity contribution is 7.16. The number of rotatable bonds is 2. The van der Waals surface area contributed by atoms with E-state index < -0.39 is 17.6 Å². The fourth-order valence-electron chi connectivity index (χ4n) is 3.07. The van der Waals surface area contributed by atoms with Crippen molar-refractivity contribution < 1.29 is 18.3 Å². The van der Waals surface area contributed by atoms with Gasteiger partial charge in [0.1, 0.15) is 17.5 Å². The maximum Gasteiger partial charge on any atom is 0.226 e. The summed E-state index contributed by atoms with van der Waals surface area (Å²) in [7, 11) is 0. The SMILES string of the molecule is O=C1C[C@@H](c2c(F)cccc2F)c2sc(N3CCOCC3)nc2N1. The molecule has 0 bridgehead atoms. The number of ether oxygens (including phenoxy) is 1. The number of carbonyl (C=O) groups is 1. The molecular formula is C16H15F2N3O2S. The lowest BCUT2D eigenvalue weighted by Gasteiger charge is -2.26. The molecule has 1 amide bonds. The van der Waals surface area contributed by atoms with Gasteiger partial charge in [0.25, 0.3) is 0 Å². The van der Waals surface area contributed by atoms with Gasteiger partial charge in [0.15, 0.2) is 5.13 Å². The van der Waals surface area contributed by atoms with Crippen molar-refractivity contribution >= 4 is 28.2 Å². The molecule has 1 atom stereocenters. The molecule has 1 N–H and O–H groups in total. The van der Waals surface area contributed by atoms with Crippen molar-refractivity contribution in [3.8, 4) is 0 Å². The monoisotopic (exact) mass is 351 g/mol. The van der Waals surface area contributed by atoms with Gasteiger partial charge < -0.3 is 15.0 Å². The largest absolute Gasteiger partial charge is 0.378 e. The number of carbonyl (C=O) groups excluding carboxylic acids is 1. The summed E-state index contributed by atoms with van der Waals surface area (Å²) in [4.78, 5) is 19.2. The van der Waals surface area contributed by atoms with E-state index in [1.54, 1.807) is 0 Å². The van der Waals surface area contributed by atoms with Crippen molar-refractivity contribution in [2.75, 3.05) is 36.5 Å². The van der Waals surface area contributed by atoms with Crippen molar-refractivity contribution in [1.82, 2.24) is 4.98 Å². The average Bonchev–Trinajstić information content (AvgIpc) is 2.99. The summed E-state index contributed by atoms with van der Waals surface area (Å²) in [6.07, 6.45) is 0.00952. The lowest BCUT2D eigenvalue weighted by Crippen LogP contribution is -2.36. The van der Waals surface area contributed by atoms with Gasteiger partial charge in [-0.1, -0.05) is 17.4 Å². The zero-order valence-corrected chi connectivity index (χ0v) is 13.5. The van der Waals surface area contributed by atoms with E-state index in [4.69, 9.17) is 4.74 Å². The highest BCUT2D eigenvalue weighted by Crippen LogP contribution is 2.44. The van der Waals surface area contributed by atoms with E-state index in [2.05, 4.69) is 15.2 Å². The summed E-state index contributed by atoms with van der Waals surface area (Å²) < 4.78 is 33.7. The first-order valence-corrected chi connectivity index (χ1v) is 8.52. The summed E-state index contributed by atoms with van der Waals surface area (Å²) in [5, 5.41) is 3.46. The Labute approximate surface area is 141 Å². The van der Waals surface area contributed by atoms with Crippen LogP contribution in [-0.4, -0.2) is 37.2 Å². The Balaban J connectivity index is 1.76. The maximum atomic E-state index is 14.2. The van der Waals surface area contributed by atoms with Crippen LogP contribution in [-0.2, 0) is 9.53 Å². The van der Waals surface area contributed by atoms with Crippen LogP contribution < -0.4 is 10.2 Å². The molecule has 0 aliphatic carbocycles. The summed E-state index contributed by atoms with van der Waals surface area (Å²) in [5.74, 6) is -1.80. The minimum atomic E-state index is -0.651. The molecule has 1 saturated heterocycles. The first-order chi connectivity index (χ1) is 11.6. The number of halogens is 2. The summed E-state index contributed by atoms with van der Waals surface area (Å²) >= 11 is 1.38. The Bertz CT molecular complexity index is 769. The van der Waals surface area contributed by atoms with Crippen molar-refractivity contribution in [2.45, 2.75) is 12.3 Å². The number of fused-ring (bicyclic) bond motifs is 1. The molecule has 24 heavy (non-hydrogen) atoms. The fourth-order valence-corrected chi connectivity index (χ4v) is 4.26. The van der Waals surface area contributed by atoms with Crippen LogP contribution in [0.2, 0.25) is 0 Å². The third-order valence-corrected chi connectivity index (χ3v) is 5.47. The molecule has 1 aromatic heterocycles. The summed E-state index contributed by atoms with van der Waals surface area (Å²) in [6.45, 7) is 2.64. The molecule has 0 spiro atoms. The summed E-state index contributed by atoms with van der Waals surface area (Å²) in [6, 6.07) is 3.76. The van der Waals surface area contributed by atoms with E-state index >= 15 is 0 Å². The highest BCUT2D eigenvalue weighted by Gasteiger charge is 2.34. The molecule has 4 rings (SSSR count). The van der Waals surface area contributed by atoms with Crippen LogP contribution in [0, 0.1) is 11.6 Å². The molecule has 2 aliphatic heterocycles. The maximum absolute atomic E-state index is 14.2. The van der Waals surface area contributed by atoms with Crippen LogP contribution in [0.15, 0.2) is 18.2 Å². The zero-order chi connectivity index (χ0) is 16.7. The minimum absolute atomic E-state index is 0.00952. The topological polar surface area (TPSA) is 54.5 Å². The Kier molecular flexibility index (Phi) is 3.93. The molecule has 1 aromatic carbocycles. The lowest BCUT2D eigenvalue weighted by molar-refractivity contribution is -0.116. The predicted octanol–water partition coefficient (Wildman–Crippen LogP) is 2.73.